The van der Waals surface area contributed by atoms with Gasteiger partial charge in [-0.2, -0.15) is 5.10 Å². The van der Waals surface area contributed by atoms with Crippen molar-refractivity contribution in [3.63, 3.8) is 0 Å². The number of nitrogens with zero attached hydrogens (tertiary/aromatic N) is 2. The molecule has 78 valence electrons. The predicted octanol–water partition coefficient (Wildman–Crippen LogP) is 1.71. The van der Waals surface area contributed by atoms with Crippen molar-refractivity contribution in [3.8, 4) is 0 Å². The molecule has 14 heavy (non-hydrogen) atoms. The lowest BCUT2D eigenvalue weighted by Crippen LogP contribution is -2.25. The van der Waals surface area contributed by atoms with E-state index in [1.165, 1.54) is 31.2 Å². The fourth-order valence-electron chi connectivity index (χ4n) is 2.31. The summed E-state index contributed by atoms with van der Waals surface area (Å²) in [6.45, 7) is 3.09. The summed E-state index contributed by atoms with van der Waals surface area (Å²) in [6, 6.07) is 0.437. The first-order chi connectivity index (χ1) is 6.75. The lowest BCUT2D eigenvalue weighted by Gasteiger charge is -2.14. The summed E-state index contributed by atoms with van der Waals surface area (Å²) in [5.41, 5.74) is 7.26. The van der Waals surface area contributed by atoms with E-state index in [4.69, 9.17) is 5.73 Å². The average molecular weight is 193 g/mol. The van der Waals surface area contributed by atoms with Crippen molar-refractivity contribution in [2.45, 2.75) is 45.2 Å². The first-order valence-electron chi connectivity index (χ1n) is 5.50. The molecule has 0 bridgehead atoms. The van der Waals surface area contributed by atoms with Crippen LogP contribution in [0.2, 0.25) is 0 Å². The molecule has 3 nitrogen and oxygen atoms in total. The lowest BCUT2D eigenvalue weighted by atomic mass is 10.0. The molecule has 2 N–H and O–H groups in total. The molecule has 1 aliphatic rings. The van der Waals surface area contributed by atoms with Crippen molar-refractivity contribution in [1.82, 2.24) is 9.78 Å². The molecule has 0 amide bonds. The largest absolute Gasteiger partial charge is 0.327 e. The SMILES string of the molecule is Cc1cnn(CCC2CCCC2N)c1. The quantitative estimate of drug-likeness (QED) is 0.794. The van der Waals surface area contributed by atoms with Crippen LogP contribution in [0.1, 0.15) is 31.2 Å². The zero-order valence-electron chi connectivity index (χ0n) is 8.82. The molecule has 1 aromatic heterocycles. The molecule has 1 aliphatic carbocycles. The van der Waals surface area contributed by atoms with Crippen molar-refractivity contribution >= 4 is 0 Å². The molecule has 1 saturated carbocycles. The predicted molar refractivity (Wildman–Crippen MR) is 56.9 cm³/mol. The number of nitrogens with two attached hydrogens (primary N) is 1. The third-order valence-corrected chi connectivity index (χ3v) is 3.21. The monoisotopic (exact) mass is 193 g/mol. The Bertz CT molecular complexity index is 292. The standard InChI is InChI=1S/C11H19N3/c1-9-7-13-14(8-9)6-5-10-3-2-4-11(10)12/h7-8,10-11H,2-6,12H2,1H3. The molecule has 1 heterocycles. The smallest absolute Gasteiger partial charge is 0.0518 e. The minimum Gasteiger partial charge on any atom is -0.327 e. The summed E-state index contributed by atoms with van der Waals surface area (Å²) < 4.78 is 2.03. The Balaban J connectivity index is 1.82. The molecule has 0 radical (unpaired) electrons. The molecule has 0 aliphatic heterocycles. The molecule has 0 saturated heterocycles. The van der Waals surface area contributed by atoms with Gasteiger partial charge in [0.05, 0.1) is 6.20 Å². The summed E-state index contributed by atoms with van der Waals surface area (Å²) in [5.74, 6) is 0.722. The number of aromatic nitrogens is 2. The highest BCUT2D eigenvalue weighted by molar-refractivity contribution is 4.99. The first kappa shape index (κ1) is 9.71. The van der Waals surface area contributed by atoms with E-state index in [0.29, 0.717) is 6.04 Å². The normalized spacial score (nSPS) is 27.0. The maximum absolute atomic E-state index is 6.02. The molecule has 3 heteroatoms. The van der Waals surface area contributed by atoms with Gasteiger partial charge < -0.3 is 5.73 Å². The lowest BCUT2D eigenvalue weighted by molar-refractivity contribution is 0.403. The second-order valence-electron chi connectivity index (χ2n) is 4.42. The molecule has 2 unspecified atom stereocenters. The maximum atomic E-state index is 6.02. The van der Waals surface area contributed by atoms with Crippen molar-refractivity contribution in [3.05, 3.63) is 18.0 Å². The summed E-state index contributed by atoms with van der Waals surface area (Å²) >= 11 is 0. The van der Waals surface area contributed by atoms with Crippen LogP contribution in [0.4, 0.5) is 0 Å². The van der Waals surface area contributed by atoms with E-state index in [-0.39, 0.29) is 0 Å². The third-order valence-electron chi connectivity index (χ3n) is 3.21. The van der Waals surface area contributed by atoms with Gasteiger partial charge in [0.1, 0.15) is 0 Å². The summed E-state index contributed by atoms with van der Waals surface area (Å²) in [7, 11) is 0. The van der Waals surface area contributed by atoms with Crippen LogP contribution in [0.15, 0.2) is 12.4 Å². The van der Waals surface area contributed by atoms with E-state index >= 15 is 0 Å². The topological polar surface area (TPSA) is 43.8 Å². The van der Waals surface area contributed by atoms with Crippen LogP contribution >= 0.6 is 0 Å². The van der Waals surface area contributed by atoms with E-state index in [9.17, 15) is 0 Å². The minimum absolute atomic E-state index is 0.437. The van der Waals surface area contributed by atoms with Crippen LogP contribution in [0.5, 0.6) is 0 Å². The molecule has 2 rings (SSSR count). The van der Waals surface area contributed by atoms with Gasteiger partial charge in [0.2, 0.25) is 0 Å². The number of rotatable bonds is 3. The second-order valence-corrected chi connectivity index (χ2v) is 4.42. The highest BCUT2D eigenvalue weighted by atomic mass is 15.3. The first-order valence-corrected chi connectivity index (χ1v) is 5.50. The molecule has 1 aromatic rings. The zero-order valence-corrected chi connectivity index (χ0v) is 8.82. The molecule has 0 aromatic carbocycles. The van der Waals surface area contributed by atoms with Gasteiger partial charge in [-0.3, -0.25) is 4.68 Å². The number of hydrogen-bond acceptors (Lipinski definition) is 2. The molecular weight excluding hydrogens is 174 g/mol. The Morgan fingerprint density at radius 3 is 3.00 bits per heavy atom. The van der Waals surface area contributed by atoms with Crippen LogP contribution in [-0.4, -0.2) is 15.8 Å². The van der Waals surface area contributed by atoms with Gasteiger partial charge in [0, 0.05) is 18.8 Å². The van der Waals surface area contributed by atoms with Crippen molar-refractivity contribution in [2.24, 2.45) is 11.7 Å². The third kappa shape index (κ3) is 2.15. The van der Waals surface area contributed by atoms with Crippen LogP contribution < -0.4 is 5.73 Å². The molecular formula is C11H19N3. The van der Waals surface area contributed by atoms with Gasteiger partial charge in [0.25, 0.3) is 0 Å². The van der Waals surface area contributed by atoms with Gasteiger partial charge in [-0.15, -0.1) is 0 Å². The van der Waals surface area contributed by atoms with Gasteiger partial charge in [-0.25, -0.2) is 0 Å². The highest BCUT2D eigenvalue weighted by Gasteiger charge is 2.23. The van der Waals surface area contributed by atoms with Crippen LogP contribution in [0.3, 0.4) is 0 Å². The Morgan fingerprint density at radius 2 is 2.43 bits per heavy atom. The van der Waals surface area contributed by atoms with E-state index < -0.39 is 0 Å². The van der Waals surface area contributed by atoms with Gasteiger partial charge in [0.15, 0.2) is 0 Å². The van der Waals surface area contributed by atoms with Crippen LogP contribution in [-0.2, 0) is 6.54 Å². The maximum Gasteiger partial charge on any atom is 0.0518 e. The fourth-order valence-corrected chi connectivity index (χ4v) is 2.31. The second kappa shape index (κ2) is 4.13. The van der Waals surface area contributed by atoms with Crippen molar-refractivity contribution in [1.29, 1.82) is 0 Å². The molecule has 1 fully saturated rings. The Labute approximate surface area is 85.3 Å². The Morgan fingerprint density at radius 1 is 1.57 bits per heavy atom. The van der Waals surface area contributed by atoms with Crippen LogP contribution in [0, 0.1) is 12.8 Å². The summed E-state index contributed by atoms with van der Waals surface area (Å²) in [5, 5.41) is 4.28. The van der Waals surface area contributed by atoms with E-state index in [1.54, 1.807) is 0 Å². The summed E-state index contributed by atoms with van der Waals surface area (Å²) in [4.78, 5) is 0. The van der Waals surface area contributed by atoms with Crippen molar-refractivity contribution in [2.75, 3.05) is 0 Å². The molecule has 2 atom stereocenters. The molecule has 0 spiro atoms. The minimum atomic E-state index is 0.437. The van der Waals surface area contributed by atoms with E-state index in [1.807, 2.05) is 10.9 Å². The fraction of sp³-hybridized carbons (Fsp3) is 0.727. The number of hydrogen-bond donors (Lipinski definition) is 1. The van der Waals surface area contributed by atoms with Crippen LogP contribution in [0.25, 0.3) is 0 Å². The average Bonchev–Trinajstić information content (AvgIpc) is 2.72. The van der Waals surface area contributed by atoms with E-state index in [0.717, 1.165) is 12.5 Å². The Hall–Kier alpha value is -0.830. The highest BCUT2D eigenvalue weighted by Crippen LogP contribution is 2.27. The van der Waals surface area contributed by atoms with Gasteiger partial charge >= 0.3 is 0 Å². The Kier molecular flexibility index (Phi) is 2.87. The summed E-state index contributed by atoms with van der Waals surface area (Å²) in [6.07, 6.45) is 9.02. The zero-order chi connectivity index (χ0) is 9.97. The number of aryl methyl sites for hydroxylation is 2. The van der Waals surface area contributed by atoms with E-state index in [2.05, 4.69) is 18.2 Å². The van der Waals surface area contributed by atoms with Crippen molar-refractivity contribution < 1.29 is 0 Å². The van der Waals surface area contributed by atoms with Gasteiger partial charge in [-0.05, 0) is 37.7 Å². The van der Waals surface area contributed by atoms with Gasteiger partial charge in [-0.1, -0.05) is 6.42 Å².